The molecule has 0 aromatic rings. The molecule has 0 aromatic heterocycles. The predicted octanol–water partition coefficient (Wildman–Crippen LogP) is 0.514. The van der Waals surface area contributed by atoms with Crippen LogP contribution in [0.2, 0.25) is 0 Å². The summed E-state index contributed by atoms with van der Waals surface area (Å²) in [5.41, 5.74) is 0. The van der Waals surface area contributed by atoms with Gasteiger partial charge in [0.05, 0.1) is 5.75 Å². The summed E-state index contributed by atoms with van der Waals surface area (Å²) in [6.07, 6.45) is 2.46. The summed E-state index contributed by atoms with van der Waals surface area (Å²) in [4.78, 5) is 24.5. The highest BCUT2D eigenvalue weighted by atomic mass is 32.2. The number of piperidine rings is 1. The van der Waals surface area contributed by atoms with E-state index >= 15 is 0 Å². The van der Waals surface area contributed by atoms with Gasteiger partial charge < -0.3 is 10.0 Å². The Hall–Kier alpha value is -1.15. The fraction of sp³-hybridized carbons (Fsp3) is 0.846. The maximum atomic E-state index is 12.5. The quantitative estimate of drug-likeness (QED) is 0.737. The number of amides is 1. The minimum atomic E-state index is -3.46. The normalized spacial score (nSPS) is 20.2. The van der Waals surface area contributed by atoms with E-state index in [-0.39, 0.29) is 12.3 Å². The standard InChI is InChI=1S/C13H24N2O5S/c1-3-9-21(19,20)15-8-6-5-7-11(15)13(18)14(4-2)10-12(16)17/h11H,3-10H2,1-2H3,(H,16,17). The van der Waals surface area contributed by atoms with Gasteiger partial charge in [-0.2, -0.15) is 4.31 Å². The number of aliphatic carboxylic acids is 1. The summed E-state index contributed by atoms with van der Waals surface area (Å²) in [7, 11) is -3.46. The smallest absolute Gasteiger partial charge is 0.323 e. The number of hydrogen-bond donors (Lipinski definition) is 1. The highest BCUT2D eigenvalue weighted by Crippen LogP contribution is 2.23. The van der Waals surface area contributed by atoms with Crippen molar-refractivity contribution in [1.82, 2.24) is 9.21 Å². The van der Waals surface area contributed by atoms with Crippen LogP contribution in [0.1, 0.15) is 39.5 Å². The van der Waals surface area contributed by atoms with Crippen LogP contribution in [-0.4, -0.2) is 66.0 Å². The largest absolute Gasteiger partial charge is 0.480 e. The zero-order chi connectivity index (χ0) is 16.0. The Kier molecular flexibility index (Phi) is 6.60. The van der Waals surface area contributed by atoms with Gasteiger partial charge in [0, 0.05) is 13.1 Å². The van der Waals surface area contributed by atoms with Crippen molar-refractivity contribution in [1.29, 1.82) is 0 Å². The number of carbonyl (C=O) groups excluding carboxylic acids is 1. The average molecular weight is 320 g/mol. The number of carboxylic acid groups (broad SMARTS) is 1. The van der Waals surface area contributed by atoms with Crippen LogP contribution < -0.4 is 0 Å². The van der Waals surface area contributed by atoms with Crippen molar-refractivity contribution in [3.63, 3.8) is 0 Å². The second kappa shape index (κ2) is 7.74. The SMILES string of the molecule is CCCS(=O)(=O)N1CCCCC1C(=O)N(CC)CC(=O)O. The van der Waals surface area contributed by atoms with Gasteiger partial charge in [-0.1, -0.05) is 13.3 Å². The van der Waals surface area contributed by atoms with Crippen LogP contribution >= 0.6 is 0 Å². The monoisotopic (exact) mass is 320 g/mol. The first-order valence-corrected chi connectivity index (χ1v) is 8.94. The zero-order valence-electron chi connectivity index (χ0n) is 12.6. The Morgan fingerprint density at radius 1 is 1.29 bits per heavy atom. The second-order valence-electron chi connectivity index (χ2n) is 5.18. The molecule has 1 aliphatic rings. The lowest BCUT2D eigenvalue weighted by molar-refractivity contribution is -0.146. The van der Waals surface area contributed by atoms with Gasteiger partial charge in [0.1, 0.15) is 12.6 Å². The maximum Gasteiger partial charge on any atom is 0.323 e. The number of sulfonamides is 1. The molecule has 122 valence electrons. The molecular weight excluding hydrogens is 296 g/mol. The van der Waals surface area contributed by atoms with Crippen LogP contribution in [0.15, 0.2) is 0 Å². The highest BCUT2D eigenvalue weighted by molar-refractivity contribution is 7.89. The Morgan fingerprint density at radius 3 is 2.48 bits per heavy atom. The Balaban J connectivity index is 2.95. The summed E-state index contributed by atoms with van der Waals surface area (Å²) in [6, 6.07) is -0.755. The molecule has 0 radical (unpaired) electrons. The third-order valence-electron chi connectivity index (χ3n) is 3.58. The average Bonchev–Trinajstić information content (AvgIpc) is 2.43. The van der Waals surface area contributed by atoms with Crippen molar-refractivity contribution in [2.24, 2.45) is 0 Å². The third kappa shape index (κ3) is 4.67. The minimum Gasteiger partial charge on any atom is -0.480 e. The molecule has 1 amide bonds. The van der Waals surface area contributed by atoms with Gasteiger partial charge in [-0.25, -0.2) is 8.42 Å². The van der Waals surface area contributed by atoms with Crippen LogP contribution in [-0.2, 0) is 19.6 Å². The van der Waals surface area contributed by atoms with E-state index < -0.39 is 34.5 Å². The van der Waals surface area contributed by atoms with E-state index in [1.807, 2.05) is 0 Å². The molecule has 1 N–H and O–H groups in total. The van der Waals surface area contributed by atoms with Crippen LogP contribution in [0, 0.1) is 0 Å². The summed E-state index contributed by atoms with van der Waals surface area (Å²) in [6.45, 7) is 3.66. The maximum absolute atomic E-state index is 12.5. The van der Waals surface area contributed by atoms with Gasteiger partial charge in [-0.15, -0.1) is 0 Å². The second-order valence-corrected chi connectivity index (χ2v) is 7.23. The number of carbonyl (C=O) groups is 2. The molecule has 0 aromatic carbocycles. The van der Waals surface area contributed by atoms with Gasteiger partial charge in [-0.3, -0.25) is 9.59 Å². The number of hydrogen-bond acceptors (Lipinski definition) is 4. The molecule has 1 aliphatic heterocycles. The van der Waals surface area contributed by atoms with Crippen molar-refractivity contribution >= 4 is 21.9 Å². The molecule has 1 fully saturated rings. The van der Waals surface area contributed by atoms with Crippen molar-refractivity contribution in [3.8, 4) is 0 Å². The summed E-state index contributed by atoms with van der Waals surface area (Å²) >= 11 is 0. The van der Waals surface area contributed by atoms with E-state index in [1.54, 1.807) is 13.8 Å². The minimum absolute atomic E-state index is 0.0157. The lowest BCUT2D eigenvalue weighted by Gasteiger charge is -2.36. The van der Waals surface area contributed by atoms with Crippen LogP contribution in [0.4, 0.5) is 0 Å². The molecule has 1 heterocycles. The van der Waals surface area contributed by atoms with Gasteiger partial charge in [-0.05, 0) is 26.2 Å². The number of rotatable bonds is 7. The summed E-state index contributed by atoms with van der Waals surface area (Å²) < 4.78 is 25.8. The highest BCUT2D eigenvalue weighted by Gasteiger charge is 2.38. The lowest BCUT2D eigenvalue weighted by atomic mass is 10.0. The van der Waals surface area contributed by atoms with E-state index in [0.717, 1.165) is 12.8 Å². The zero-order valence-corrected chi connectivity index (χ0v) is 13.4. The first-order chi connectivity index (χ1) is 9.83. The molecule has 1 rings (SSSR count). The molecular formula is C13H24N2O5S. The Bertz CT molecular complexity index is 477. The Morgan fingerprint density at radius 2 is 1.95 bits per heavy atom. The van der Waals surface area contributed by atoms with E-state index in [2.05, 4.69) is 0 Å². The van der Waals surface area contributed by atoms with E-state index in [0.29, 0.717) is 19.4 Å². The molecule has 21 heavy (non-hydrogen) atoms. The fourth-order valence-corrected chi connectivity index (χ4v) is 4.32. The summed E-state index contributed by atoms with van der Waals surface area (Å²) in [5.74, 6) is -1.48. The first-order valence-electron chi connectivity index (χ1n) is 7.33. The van der Waals surface area contributed by atoms with Gasteiger partial charge in [0.2, 0.25) is 15.9 Å². The molecule has 7 nitrogen and oxygen atoms in total. The van der Waals surface area contributed by atoms with Crippen LogP contribution in [0.25, 0.3) is 0 Å². The van der Waals surface area contributed by atoms with Crippen molar-refractivity contribution in [2.45, 2.75) is 45.6 Å². The first kappa shape index (κ1) is 17.9. The molecule has 0 bridgehead atoms. The van der Waals surface area contributed by atoms with Crippen LogP contribution in [0.5, 0.6) is 0 Å². The molecule has 0 spiro atoms. The van der Waals surface area contributed by atoms with Gasteiger partial charge in [0.15, 0.2) is 0 Å². The van der Waals surface area contributed by atoms with Gasteiger partial charge in [0.25, 0.3) is 0 Å². The number of nitrogens with zero attached hydrogens (tertiary/aromatic N) is 2. The summed E-state index contributed by atoms with van der Waals surface area (Å²) in [5, 5.41) is 8.85. The van der Waals surface area contributed by atoms with E-state index in [9.17, 15) is 18.0 Å². The fourth-order valence-electron chi connectivity index (χ4n) is 2.58. The molecule has 1 unspecified atom stereocenters. The van der Waals surface area contributed by atoms with E-state index in [1.165, 1.54) is 9.21 Å². The molecule has 0 saturated carbocycles. The molecule has 8 heteroatoms. The van der Waals surface area contributed by atoms with Crippen molar-refractivity contribution in [2.75, 3.05) is 25.4 Å². The van der Waals surface area contributed by atoms with E-state index in [4.69, 9.17) is 5.11 Å². The van der Waals surface area contributed by atoms with Gasteiger partial charge >= 0.3 is 5.97 Å². The lowest BCUT2D eigenvalue weighted by Crippen LogP contribution is -2.54. The topological polar surface area (TPSA) is 95.0 Å². The number of likely N-dealkylation sites (N-methyl/N-ethyl adjacent to an activating group) is 1. The Labute approximate surface area is 126 Å². The van der Waals surface area contributed by atoms with Crippen molar-refractivity contribution < 1.29 is 23.1 Å². The van der Waals surface area contributed by atoms with Crippen molar-refractivity contribution in [3.05, 3.63) is 0 Å². The predicted molar refractivity (Wildman–Crippen MR) is 78.3 cm³/mol. The molecule has 0 aliphatic carbocycles. The molecule has 1 saturated heterocycles. The third-order valence-corrected chi connectivity index (χ3v) is 5.65. The van der Waals surface area contributed by atoms with Crippen LogP contribution in [0.3, 0.4) is 0 Å². The number of carboxylic acids is 1. The molecule has 1 atom stereocenters.